The summed E-state index contributed by atoms with van der Waals surface area (Å²) in [5.74, 6) is 0. The van der Waals surface area contributed by atoms with Gasteiger partial charge in [-0.1, -0.05) is 0 Å². The Kier molecular flexibility index (Phi) is 4.31. The van der Waals surface area contributed by atoms with Crippen molar-refractivity contribution in [3.05, 3.63) is 28.9 Å². The number of nitrogens with zero attached hydrogens (tertiary/aromatic N) is 2. The second-order valence-corrected chi connectivity index (χ2v) is 6.49. The topological polar surface area (TPSA) is 62.4 Å². The van der Waals surface area contributed by atoms with Gasteiger partial charge in [-0.05, 0) is 59.8 Å². The van der Waals surface area contributed by atoms with Gasteiger partial charge in [0.25, 0.3) is 0 Å². The summed E-state index contributed by atoms with van der Waals surface area (Å²) in [6.07, 6.45) is 6.08. The lowest BCUT2D eigenvalue weighted by Crippen LogP contribution is -2.29. The molecule has 1 fully saturated rings. The molecule has 2 heterocycles. The van der Waals surface area contributed by atoms with E-state index in [4.69, 9.17) is 10.8 Å². The van der Waals surface area contributed by atoms with Crippen molar-refractivity contribution in [3.63, 3.8) is 0 Å². The van der Waals surface area contributed by atoms with Gasteiger partial charge < -0.3 is 15.7 Å². The molecule has 1 aliphatic heterocycles. The molecular weight excluding hydrogens is 330 g/mol. The first-order chi connectivity index (χ1) is 10.2. The largest absolute Gasteiger partial charge is 0.398 e. The van der Waals surface area contributed by atoms with Crippen molar-refractivity contribution in [2.75, 3.05) is 23.8 Å². The molecule has 4 nitrogen and oxygen atoms in total. The van der Waals surface area contributed by atoms with Gasteiger partial charge in [0.1, 0.15) is 0 Å². The quantitative estimate of drug-likeness (QED) is 0.831. The lowest BCUT2D eigenvalue weighted by molar-refractivity contribution is 0.279. The lowest BCUT2D eigenvalue weighted by Gasteiger charge is -2.28. The summed E-state index contributed by atoms with van der Waals surface area (Å²) in [7, 11) is 0. The first-order valence-electron chi connectivity index (χ1n) is 7.42. The Bertz CT molecular complexity index is 647. The summed E-state index contributed by atoms with van der Waals surface area (Å²) < 4.78 is 0.942. The van der Waals surface area contributed by atoms with E-state index < -0.39 is 0 Å². The van der Waals surface area contributed by atoms with Crippen LogP contribution in [0.2, 0.25) is 0 Å². The van der Waals surface area contributed by atoms with E-state index in [0.717, 1.165) is 46.1 Å². The maximum Gasteiger partial charge on any atom is 0.0956 e. The number of benzene rings is 1. The van der Waals surface area contributed by atoms with Gasteiger partial charge in [0.15, 0.2) is 0 Å². The summed E-state index contributed by atoms with van der Waals surface area (Å²) >= 11 is 3.46. The van der Waals surface area contributed by atoms with E-state index in [2.05, 4.69) is 31.9 Å². The minimum atomic E-state index is 0.262. The van der Waals surface area contributed by atoms with Gasteiger partial charge in [-0.3, -0.25) is 4.98 Å². The van der Waals surface area contributed by atoms with Crippen LogP contribution >= 0.6 is 15.9 Å². The van der Waals surface area contributed by atoms with E-state index in [1.54, 1.807) is 0 Å². The van der Waals surface area contributed by atoms with E-state index >= 15 is 0 Å². The highest BCUT2D eigenvalue weighted by Crippen LogP contribution is 2.35. The molecule has 112 valence electrons. The van der Waals surface area contributed by atoms with Gasteiger partial charge in [-0.25, -0.2) is 0 Å². The molecule has 2 aromatic rings. The number of anilines is 2. The number of hydrogen-bond acceptors (Lipinski definition) is 4. The zero-order valence-electron chi connectivity index (χ0n) is 11.9. The number of fused-ring (bicyclic) bond motifs is 1. The van der Waals surface area contributed by atoms with E-state index in [1.165, 1.54) is 12.8 Å². The number of aromatic nitrogens is 1. The standard InChI is InChI=1S/C16H20BrN3O/c17-11-9-13-14(18)5-6-15(16(13)19-10-11)20-7-1-3-12(20)4-2-8-21/h5-6,9-10,12,21H,1-4,7-8,18H2. The first kappa shape index (κ1) is 14.6. The van der Waals surface area contributed by atoms with Crippen molar-refractivity contribution < 1.29 is 5.11 Å². The third-order valence-corrected chi connectivity index (χ3v) is 4.64. The fourth-order valence-corrected chi connectivity index (χ4v) is 3.54. The van der Waals surface area contributed by atoms with Crippen LogP contribution in [0.5, 0.6) is 0 Å². The number of nitrogen functional groups attached to an aromatic ring is 1. The van der Waals surface area contributed by atoms with E-state index in [9.17, 15) is 0 Å². The molecule has 0 radical (unpaired) electrons. The van der Waals surface area contributed by atoms with E-state index in [1.807, 2.05) is 18.3 Å². The predicted octanol–water partition coefficient (Wildman–Crippen LogP) is 3.32. The summed E-state index contributed by atoms with van der Waals surface area (Å²) in [6.45, 7) is 1.31. The monoisotopic (exact) mass is 349 g/mol. The van der Waals surface area contributed by atoms with Crippen LogP contribution < -0.4 is 10.6 Å². The molecule has 3 N–H and O–H groups in total. The van der Waals surface area contributed by atoms with Gasteiger partial charge in [-0.15, -0.1) is 0 Å². The summed E-state index contributed by atoms with van der Waals surface area (Å²) in [6, 6.07) is 6.57. The number of aliphatic hydroxyl groups is 1. The van der Waals surface area contributed by atoms with Crippen molar-refractivity contribution in [3.8, 4) is 0 Å². The third-order valence-electron chi connectivity index (χ3n) is 4.21. The molecule has 3 rings (SSSR count). The highest BCUT2D eigenvalue weighted by molar-refractivity contribution is 9.10. The summed E-state index contributed by atoms with van der Waals surface area (Å²) in [5, 5.41) is 10.1. The molecule has 0 saturated carbocycles. The zero-order valence-corrected chi connectivity index (χ0v) is 13.5. The van der Waals surface area contributed by atoms with Crippen LogP contribution in [-0.4, -0.2) is 29.3 Å². The molecule has 0 amide bonds. The van der Waals surface area contributed by atoms with Gasteiger partial charge >= 0.3 is 0 Å². The van der Waals surface area contributed by atoms with E-state index in [-0.39, 0.29) is 6.61 Å². The highest BCUT2D eigenvalue weighted by atomic mass is 79.9. The van der Waals surface area contributed by atoms with Crippen LogP contribution in [0, 0.1) is 0 Å². The van der Waals surface area contributed by atoms with Crippen molar-refractivity contribution in [1.29, 1.82) is 0 Å². The molecule has 1 atom stereocenters. The summed E-state index contributed by atoms with van der Waals surface area (Å²) in [4.78, 5) is 7.01. The number of halogens is 1. The van der Waals surface area contributed by atoms with Gasteiger partial charge in [0.2, 0.25) is 0 Å². The molecule has 1 aromatic heterocycles. The normalized spacial score (nSPS) is 18.6. The fraction of sp³-hybridized carbons (Fsp3) is 0.438. The molecule has 0 aliphatic carbocycles. The fourth-order valence-electron chi connectivity index (χ4n) is 3.21. The minimum Gasteiger partial charge on any atom is -0.398 e. The van der Waals surface area contributed by atoms with Crippen molar-refractivity contribution in [2.45, 2.75) is 31.7 Å². The highest BCUT2D eigenvalue weighted by Gasteiger charge is 2.26. The lowest BCUT2D eigenvalue weighted by atomic mass is 10.1. The molecular formula is C16H20BrN3O. The number of pyridine rings is 1. The molecule has 0 spiro atoms. The molecule has 1 unspecified atom stereocenters. The average Bonchev–Trinajstić information content (AvgIpc) is 2.94. The van der Waals surface area contributed by atoms with Crippen LogP contribution in [0.15, 0.2) is 28.9 Å². The third kappa shape index (κ3) is 2.85. The maximum absolute atomic E-state index is 9.07. The Hall–Kier alpha value is -1.33. The zero-order chi connectivity index (χ0) is 14.8. The SMILES string of the molecule is Nc1ccc(N2CCCC2CCCO)c2ncc(Br)cc12. The molecule has 1 aromatic carbocycles. The number of hydrogen-bond donors (Lipinski definition) is 2. The van der Waals surface area contributed by atoms with Gasteiger partial charge in [-0.2, -0.15) is 0 Å². The van der Waals surface area contributed by atoms with Crippen LogP contribution in [0.4, 0.5) is 11.4 Å². The summed E-state index contributed by atoms with van der Waals surface area (Å²) in [5.41, 5.74) is 8.98. The van der Waals surface area contributed by atoms with Crippen LogP contribution in [-0.2, 0) is 0 Å². The van der Waals surface area contributed by atoms with Crippen molar-refractivity contribution in [2.24, 2.45) is 0 Å². The smallest absolute Gasteiger partial charge is 0.0956 e. The molecule has 1 aliphatic rings. The molecule has 0 bridgehead atoms. The van der Waals surface area contributed by atoms with Gasteiger partial charge in [0, 0.05) is 40.9 Å². The number of rotatable bonds is 4. The minimum absolute atomic E-state index is 0.262. The molecule has 1 saturated heterocycles. The molecule has 5 heteroatoms. The van der Waals surface area contributed by atoms with Crippen molar-refractivity contribution in [1.82, 2.24) is 4.98 Å². The number of aliphatic hydroxyl groups excluding tert-OH is 1. The van der Waals surface area contributed by atoms with Crippen molar-refractivity contribution >= 4 is 38.2 Å². The van der Waals surface area contributed by atoms with Gasteiger partial charge in [0.05, 0.1) is 11.2 Å². The predicted molar refractivity (Wildman–Crippen MR) is 90.5 cm³/mol. The van der Waals surface area contributed by atoms with Crippen LogP contribution in [0.3, 0.4) is 0 Å². The van der Waals surface area contributed by atoms with Crippen LogP contribution in [0.1, 0.15) is 25.7 Å². The Morgan fingerprint density at radius 1 is 1.43 bits per heavy atom. The van der Waals surface area contributed by atoms with E-state index in [0.29, 0.717) is 6.04 Å². The number of nitrogens with two attached hydrogens (primary N) is 1. The Labute approximate surface area is 133 Å². The Morgan fingerprint density at radius 2 is 2.29 bits per heavy atom. The second kappa shape index (κ2) is 6.20. The first-order valence-corrected chi connectivity index (χ1v) is 8.21. The maximum atomic E-state index is 9.07. The Balaban J connectivity index is 2.02. The Morgan fingerprint density at radius 3 is 3.10 bits per heavy atom. The van der Waals surface area contributed by atoms with Crippen LogP contribution in [0.25, 0.3) is 10.9 Å². The second-order valence-electron chi connectivity index (χ2n) is 5.58. The molecule has 21 heavy (non-hydrogen) atoms. The average molecular weight is 350 g/mol.